The van der Waals surface area contributed by atoms with Crippen LogP contribution in [0, 0.1) is 0 Å². The summed E-state index contributed by atoms with van der Waals surface area (Å²) < 4.78 is 40.4. The Morgan fingerprint density at radius 3 is 2.62 bits per heavy atom. The van der Waals surface area contributed by atoms with Crippen LogP contribution in [-0.4, -0.2) is 11.7 Å². The minimum absolute atomic E-state index is 0.220. The molecule has 1 aromatic rings. The highest BCUT2D eigenvalue weighted by Gasteiger charge is 2.34. The Labute approximate surface area is 72.7 Å². The third kappa shape index (κ3) is 2.73. The zero-order valence-electron chi connectivity index (χ0n) is 6.77. The molecule has 6 heteroatoms. The Morgan fingerprint density at radius 1 is 1.46 bits per heavy atom. The van der Waals surface area contributed by atoms with Crippen LogP contribution in [0.4, 0.5) is 13.2 Å². The summed E-state index contributed by atoms with van der Waals surface area (Å²) in [6, 6.07) is 0.898. The SMILES string of the molecule is NCCCc1cc(C(F)(F)F)no1. The Kier molecular flexibility index (Phi) is 2.92. The van der Waals surface area contributed by atoms with Crippen LogP contribution in [0.3, 0.4) is 0 Å². The maximum Gasteiger partial charge on any atom is 0.436 e. The van der Waals surface area contributed by atoms with Crippen molar-refractivity contribution in [2.45, 2.75) is 19.0 Å². The first-order valence-corrected chi connectivity index (χ1v) is 3.77. The summed E-state index contributed by atoms with van der Waals surface area (Å²) in [5, 5.41) is 2.90. The lowest BCUT2D eigenvalue weighted by Crippen LogP contribution is -2.04. The second-order valence-electron chi connectivity index (χ2n) is 2.57. The first-order valence-electron chi connectivity index (χ1n) is 3.77. The van der Waals surface area contributed by atoms with E-state index in [0.29, 0.717) is 19.4 Å². The van der Waals surface area contributed by atoms with E-state index in [4.69, 9.17) is 5.73 Å². The van der Waals surface area contributed by atoms with Crippen LogP contribution in [0.15, 0.2) is 10.6 Å². The highest BCUT2D eigenvalue weighted by Crippen LogP contribution is 2.28. The van der Waals surface area contributed by atoms with Crippen LogP contribution in [-0.2, 0) is 12.6 Å². The molecule has 0 amide bonds. The van der Waals surface area contributed by atoms with Crippen molar-refractivity contribution in [3.8, 4) is 0 Å². The van der Waals surface area contributed by atoms with E-state index >= 15 is 0 Å². The minimum Gasteiger partial charge on any atom is -0.361 e. The molecule has 0 saturated heterocycles. The topological polar surface area (TPSA) is 52.0 Å². The number of aryl methyl sites for hydroxylation is 1. The molecule has 1 aromatic heterocycles. The lowest BCUT2D eigenvalue weighted by atomic mass is 10.2. The van der Waals surface area contributed by atoms with Crippen molar-refractivity contribution in [3.05, 3.63) is 17.5 Å². The molecule has 0 unspecified atom stereocenters. The molecule has 0 spiro atoms. The maximum atomic E-state index is 12.0. The summed E-state index contributed by atoms with van der Waals surface area (Å²) in [6.45, 7) is 0.419. The van der Waals surface area contributed by atoms with Crippen molar-refractivity contribution in [1.29, 1.82) is 0 Å². The fraction of sp³-hybridized carbons (Fsp3) is 0.571. The molecule has 0 fully saturated rings. The number of halogens is 3. The largest absolute Gasteiger partial charge is 0.436 e. The molecule has 74 valence electrons. The molecule has 2 N–H and O–H groups in total. The second kappa shape index (κ2) is 3.78. The number of nitrogens with two attached hydrogens (primary N) is 1. The maximum absolute atomic E-state index is 12.0. The number of rotatable bonds is 3. The molecule has 0 aliphatic rings. The first kappa shape index (κ1) is 10.0. The van der Waals surface area contributed by atoms with E-state index in [0.717, 1.165) is 6.07 Å². The van der Waals surface area contributed by atoms with Crippen LogP contribution >= 0.6 is 0 Å². The summed E-state index contributed by atoms with van der Waals surface area (Å²) in [4.78, 5) is 0. The Balaban J connectivity index is 2.64. The fourth-order valence-corrected chi connectivity index (χ4v) is 0.841. The van der Waals surface area contributed by atoms with E-state index in [1.165, 1.54) is 0 Å². The third-order valence-electron chi connectivity index (χ3n) is 1.48. The standard InChI is InChI=1S/C7H9F3N2O/c8-7(9,10)6-4-5(13-12-6)2-1-3-11/h4H,1-3,11H2. The number of hydrogen-bond acceptors (Lipinski definition) is 3. The lowest BCUT2D eigenvalue weighted by molar-refractivity contribution is -0.142. The Morgan fingerprint density at radius 2 is 2.15 bits per heavy atom. The number of hydrogen-bond donors (Lipinski definition) is 1. The fourth-order valence-electron chi connectivity index (χ4n) is 0.841. The van der Waals surface area contributed by atoms with Crippen molar-refractivity contribution in [1.82, 2.24) is 5.16 Å². The van der Waals surface area contributed by atoms with Gasteiger partial charge in [-0.15, -0.1) is 0 Å². The molecule has 0 saturated carbocycles. The van der Waals surface area contributed by atoms with E-state index < -0.39 is 11.9 Å². The smallest absolute Gasteiger partial charge is 0.361 e. The quantitative estimate of drug-likeness (QED) is 0.794. The van der Waals surface area contributed by atoms with Gasteiger partial charge in [0.15, 0.2) is 5.69 Å². The zero-order valence-corrected chi connectivity index (χ0v) is 6.77. The van der Waals surface area contributed by atoms with Crippen molar-refractivity contribution < 1.29 is 17.7 Å². The van der Waals surface area contributed by atoms with Crippen LogP contribution in [0.5, 0.6) is 0 Å². The van der Waals surface area contributed by atoms with Gasteiger partial charge in [-0.05, 0) is 13.0 Å². The highest BCUT2D eigenvalue weighted by molar-refractivity contribution is 5.08. The average molecular weight is 194 g/mol. The number of nitrogens with zero attached hydrogens (tertiary/aromatic N) is 1. The van der Waals surface area contributed by atoms with Gasteiger partial charge in [-0.2, -0.15) is 13.2 Å². The molecule has 3 nitrogen and oxygen atoms in total. The van der Waals surface area contributed by atoms with Crippen LogP contribution in [0.2, 0.25) is 0 Å². The minimum atomic E-state index is -4.43. The summed E-state index contributed by atoms with van der Waals surface area (Å²) in [7, 11) is 0. The van der Waals surface area contributed by atoms with Gasteiger partial charge in [0.05, 0.1) is 0 Å². The van der Waals surface area contributed by atoms with Crippen LogP contribution in [0.1, 0.15) is 17.9 Å². The van der Waals surface area contributed by atoms with Gasteiger partial charge < -0.3 is 10.3 Å². The van der Waals surface area contributed by atoms with Gasteiger partial charge in [0.25, 0.3) is 0 Å². The molecule has 0 aliphatic carbocycles. The van der Waals surface area contributed by atoms with Gasteiger partial charge in [-0.25, -0.2) is 0 Å². The van der Waals surface area contributed by atoms with Crippen LogP contribution < -0.4 is 5.73 Å². The van der Waals surface area contributed by atoms with Crippen molar-refractivity contribution in [2.75, 3.05) is 6.54 Å². The van der Waals surface area contributed by atoms with E-state index in [1.807, 2.05) is 0 Å². The molecule has 0 atom stereocenters. The summed E-state index contributed by atoms with van der Waals surface area (Å²) in [6.07, 6.45) is -3.45. The van der Waals surface area contributed by atoms with Gasteiger partial charge >= 0.3 is 6.18 Å². The molecule has 0 aliphatic heterocycles. The number of aromatic nitrogens is 1. The van der Waals surface area contributed by atoms with Gasteiger partial charge in [-0.3, -0.25) is 0 Å². The molecule has 1 heterocycles. The van der Waals surface area contributed by atoms with Gasteiger partial charge in [0.2, 0.25) is 0 Å². The zero-order chi connectivity index (χ0) is 9.90. The summed E-state index contributed by atoms with van der Waals surface area (Å²) >= 11 is 0. The monoisotopic (exact) mass is 194 g/mol. The molecular formula is C7H9F3N2O. The van der Waals surface area contributed by atoms with Crippen molar-refractivity contribution in [2.24, 2.45) is 5.73 Å². The summed E-state index contributed by atoms with van der Waals surface area (Å²) in [5.74, 6) is 0.220. The van der Waals surface area contributed by atoms with Crippen molar-refractivity contribution in [3.63, 3.8) is 0 Å². The Hall–Kier alpha value is -1.04. The average Bonchev–Trinajstić information content (AvgIpc) is 2.47. The van der Waals surface area contributed by atoms with E-state index in [-0.39, 0.29) is 5.76 Å². The molecule has 1 rings (SSSR count). The predicted octanol–water partition coefficient (Wildman–Crippen LogP) is 1.58. The second-order valence-corrected chi connectivity index (χ2v) is 2.57. The van der Waals surface area contributed by atoms with Gasteiger partial charge in [0, 0.05) is 12.5 Å². The molecule has 0 radical (unpaired) electrons. The lowest BCUT2D eigenvalue weighted by Gasteiger charge is -1.97. The predicted molar refractivity (Wildman–Crippen MR) is 38.9 cm³/mol. The first-order chi connectivity index (χ1) is 6.04. The highest BCUT2D eigenvalue weighted by atomic mass is 19.4. The Bertz CT molecular complexity index is 269. The van der Waals surface area contributed by atoms with Crippen LogP contribution in [0.25, 0.3) is 0 Å². The molecule has 13 heavy (non-hydrogen) atoms. The molecule has 0 bridgehead atoms. The van der Waals surface area contributed by atoms with Crippen molar-refractivity contribution >= 4 is 0 Å². The third-order valence-corrected chi connectivity index (χ3v) is 1.48. The summed E-state index contributed by atoms with van der Waals surface area (Å²) in [5.41, 5.74) is 4.20. The van der Waals surface area contributed by atoms with Gasteiger partial charge in [-0.1, -0.05) is 5.16 Å². The van der Waals surface area contributed by atoms with Gasteiger partial charge in [0.1, 0.15) is 5.76 Å². The number of alkyl halides is 3. The van der Waals surface area contributed by atoms with E-state index in [1.54, 1.807) is 0 Å². The molecule has 0 aromatic carbocycles. The molecular weight excluding hydrogens is 185 g/mol. The normalized spacial score (nSPS) is 12.0. The van der Waals surface area contributed by atoms with E-state index in [2.05, 4.69) is 9.68 Å². The van der Waals surface area contributed by atoms with E-state index in [9.17, 15) is 13.2 Å².